The second kappa shape index (κ2) is 7.30. The van der Waals surface area contributed by atoms with Crippen molar-refractivity contribution in [1.29, 1.82) is 0 Å². The van der Waals surface area contributed by atoms with Gasteiger partial charge in [0.2, 0.25) is 0 Å². The van der Waals surface area contributed by atoms with Gasteiger partial charge in [-0.3, -0.25) is 0 Å². The monoisotopic (exact) mass is 373 g/mol. The molecule has 1 heterocycles. The van der Waals surface area contributed by atoms with Crippen LogP contribution in [0.3, 0.4) is 0 Å². The molecular weight excluding hydrogens is 359 g/mol. The van der Waals surface area contributed by atoms with Crippen LogP contribution in [0.4, 0.5) is 0 Å². The fraction of sp³-hybridized carbons (Fsp3) is 0.158. The molecule has 0 radical (unpaired) electrons. The predicted octanol–water partition coefficient (Wildman–Crippen LogP) is 3.70. The number of hydrogen-bond acceptors (Lipinski definition) is 3. The highest BCUT2D eigenvalue weighted by Crippen LogP contribution is 2.27. The minimum Gasteiger partial charge on any atom is -0.550 e. The van der Waals surface area contributed by atoms with E-state index >= 15 is 0 Å². The molecule has 6 heteroatoms. The topological polar surface area (TPSA) is 58.0 Å². The van der Waals surface area contributed by atoms with Gasteiger partial charge in [-0.1, -0.05) is 54.4 Å². The van der Waals surface area contributed by atoms with Crippen LogP contribution >= 0.6 is 23.2 Å². The van der Waals surface area contributed by atoms with Crippen molar-refractivity contribution in [3.63, 3.8) is 0 Å². The zero-order valence-electron chi connectivity index (χ0n) is 13.5. The molecule has 0 N–H and O–H groups in total. The standard InChI is InChI=1S/C19H16Cl2N2O2/c1-2-17-16(11-18(24)25)19(21)23(22-17)15-8-6-12(7-9-15)13-4-3-5-14(20)10-13/h3-10H,2,11H2,1H3,(H,24,25)/p-1. The summed E-state index contributed by atoms with van der Waals surface area (Å²) in [6.45, 7) is 1.91. The molecule has 0 fully saturated rings. The molecule has 128 valence electrons. The van der Waals surface area contributed by atoms with Crippen LogP contribution in [0.25, 0.3) is 16.8 Å². The number of rotatable bonds is 5. The van der Waals surface area contributed by atoms with Crippen LogP contribution in [0.1, 0.15) is 18.2 Å². The Bertz CT molecular complexity index is 918. The number of aromatic nitrogens is 2. The second-order valence-electron chi connectivity index (χ2n) is 5.59. The number of benzene rings is 2. The molecular formula is C19H15Cl2N2O2-. The summed E-state index contributed by atoms with van der Waals surface area (Å²) in [5.74, 6) is -1.17. The van der Waals surface area contributed by atoms with E-state index in [1.54, 1.807) is 4.68 Å². The number of carbonyl (C=O) groups excluding carboxylic acids is 1. The van der Waals surface area contributed by atoms with E-state index < -0.39 is 5.97 Å². The summed E-state index contributed by atoms with van der Waals surface area (Å²) in [5, 5.41) is 16.4. The van der Waals surface area contributed by atoms with Crippen LogP contribution in [-0.2, 0) is 17.6 Å². The van der Waals surface area contributed by atoms with Gasteiger partial charge in [0.1, 0.15) is 5.15 Å². The van der Waals surface area contributed by atoms with E-state index in [0.717, 1.165) is 16.8 Å². The Kier molecular flexibility index (Phi) is 5.11. The highest BCUT2D eigenvalue weighted by atomic mass is 35.5. The number of aliphatic carboxylic acids is 1. The van der Waals surface area contributed by atoms with Crippen molar-refractivity contribution in [3.8, 4) is 16.8 Å². The normalized spacial score (nSPS) is 10.8. The molecule has 0 aliphatic rings. The SMILES string of the molecule is CCc1nn(-c2ccc(-c3cccc(Cl)c3)cc2)c(Cl)c1CC(=O)[O-]. The van der Waals surface area contributed by atoms with Crippen LogP contribution in [0.2, 0.25) is 10.2 Å². The first kappa shape index (κ1) is 17.5. The maximum atomic E-state index is 10.9. The zero-order chi connectivity index (χ0) is 18.0. The molecule has 25 heavy (non-hydrogen) atoms. The van der Waals surface area contributed by atoms with Gasteiger partial charge in [0.25, 0.3) is 0 Å². The van der Waals surface area contributed by atoms with Crippen LogP contribution in [-0.4, -0.2) is 15.7 Å². The van der Waals surface area contributed by atoms with E-state index in [9.17, 15) is 9.90 Å². The van der Waals surface area contributed by atoms with Gasteiger partial charge in [0, 0.05) is 23.0 Å². The summed E-state index contributed by atoms with van der Waals surface area (Å²) in [6.07, 6.45) is 0.346. The summed E-state index contributed by atoms with van der Waals surface area (Å²) in [6, 6.07) is 15.3. The summed E-state index contributed by atoms with van der Waals surface area (Å²) in [5.41, 5.74) is 3.95. The third-order valence-corrected chi connectivity index (χ3v) is 4.55. The lowest BCUT2D eigenvalue weighted by Gasteiger charge is -2.07. The molecule has 0 atom stereocenters. The zero-order valence-corrected chi connectivity index (χ0v) is 15.0. The van der Waals surface area contributed by atoms with Crippen LogP contribution in [0.5, 0.6) is 0 Å². The van der Waals surface area contributed by atoms with Gasteiger partial charge < -0.3 is 9.90 Å². The van der Waals surface area contributed by atoms with E-state index in [0.29, 0.717) is 27.9 Å². The Morgan fingerprint density at radius 2 is 1.84 bits per heavy atom. The molecule has 2 aromatic carbocycles. The molecule has 0 saturated heterocycles. The van der Waals surface area contributed by atoms with Crippen LogP contribution in [0, 0.1) is 0 Å². The fourth-order valence-electron chi connectivity index (χ4n) is 2.71. The summed E-state index contributed by atoms with van der Waals surface area (Å²) >= 11 is 12.4. The van der Waals surface area contributed by atoms with Crippen molar-refractivity contribution in [2.75, 3.05) is 0 Å². The average molecular weight is 374 g/mol. The lowest BCUT2D eigenvalue weighted by molar-refractivity contribution is -0.304. The minimum absolute atomic E-state index is 0.247. The molecule has 0 amide bonds. The van der Waals surface area contributed by atoms with Gasteiger partial charge in [-0.15, -0.1) is 0 Å². The molecule has 3 rings (SSSR count). The first-order valence-electron chi connectivity index (χ1n) is 7.82. The van der Waals surface area contributed by atoms with Gasteiger partial charge in [0.05, 0.1) is 11.4 Å². The summed E-state index contributed by atoms with van der Waals surface area (Å²) in [4.78, 5) is 10.9. The fourth-order valence-corrected chi connectivity index (χ4v) is 3.21. The molecule has 0 aliphatic carbocycles. The maximum Gasteiger partial charge on any atom is 0.136 e. The highest BCUT2D eigenvalue weighted by molar-refractivity contribution is 6.31. The third-order valence-electron chi connectivity index (χ3n) is 3.93. The number of carboxylic acids is 1. The molecule has 4 nitrogen and oxygen atoms in total. The van der Waals surface area contributed by atoms with Gasteiger partial charge in [-0.05, 0) is 41.8 Å². The van der Waals surface area contributed by atoms with E-state index in [-0.39, 0.29) is 6.42 Å². The molecule has 0 saturated carbocycles. The van der Waals surface area contributed by atoms with E-state index in [2.05, 4.69) is 5.10 Å². The maximum absolute atomic E-state index is 10.9. The third kappa shape index (κ3) is 3.70. The van der Waals surface area contributed by atoms with Crippen LogP contribution in [0.15, 0.2) is 48.5 Å². The van der Waals surface area contributed by atoms with Gasteiger partial charge in [0.15, 0.2) is 0 Å². The number of hydrogen-bond donors (Lipinski definition) is 0. The molecule has 0 unspecified atom stereocenters. The molecule has 0 aliphatic heterocycles. The predicted molar refractivity (Wildman–Crippen MR) is 97.1 cm³/mol. The van der Waals surface area contributed by atoms with E-state index in [1.165, 1.54) is 0 Å². The Hall–Kier alpha value is -2.30. The summed E-state index contributed by atoms with van der Waals surface area (Å²) < 4.78 is 1.56. The largest absolute Gasteiger partial charge is 0.550 e. The Labute approximate surface area is 155 Å². The smallest absolute Gasteiger partial charge is 0.136 e. The summed E-state index contributed by atoms with van der Waals surface area (Å²) in [7, 11) is 0. The van der Waals surface area contributed by atoms with Crippen molar-refractivity contribution < 1.29 is 9.90 Å². The number of halogens is 2. The number of aryl methyl sites for hydroxylation is 1. The molecule has 3 aromatic rings. The van der Waals surface area contributed by atoms with Crippen molar-refractivity contribution in [2.45, 2.75) is 19.8 Å². The van der Waals surface area contributed by atoms with E-state index in [1.807, 2.05) is 55.5 Å². The van der Waals surface area contributed by atoms with Crippen molar-refractivity contribution >= 4 is 29.2 Å². The number of carbonyl (C=O) groups is 1. The van der Waals surface area contributed by atoms with Crippen LogP contribution < -0.4 is 5.11 Å². The lowest BCUT2D eigenvalue weighted by Crippen LogP contribution is -2.24. The van der Waals surface area contributed by atoms with Gasteiger partial charge >= 0.3 is 0 Å². The van der Waals surface area contributed by atoms with Crippen molar-refractivity contribution in [2.24, 2.45) is 0 Å². The number of nitrogens with zero attached hydrogens (tertiary/aromatic N) is 2. The quantitative estimate of drug-likeness (QED) is 0.684. The first-order chi connectivity index (χ1) is 12.0. The van der Waals surface area contributed by atoms with Gasteiger partial charge in [-0.2, -0.15) is 5.10 Å². The highest BCUT2D eigenvalue weighted by Gasteiger charge is 2.16. The second-order valence-corrected chi connectivity index (χ2v) is 6.38. The average Bonchev–Trinajstić information content (AvgIpc) is 2.91. The molecule has 0 bridgehead atoms. The van der Waals surface area contributed by atoms with Crippen molar-refractivity contribution in [3.05, 3.63) is 70.0 Å². The molecule has 0 spiro atoms. The number of carboxylic acid groups (broad SMARTS) is 1. The Morgan fingerprint density at radius 1 is 1.12 bits per heavy atom. The minimum atomic E-state index is -1.17. The Balaban J connectivity index is 1.97. The van der Waals surface area contributed by atoms with Gasteiger partial charge in [-0.25, -0.2) is 4.68 Å². The van der Waals surface area contributed by atoms with Crippen molar-refractivity contribution in [1.82, 2.24) is 9.78 Å². The first-order valence-corrected chi connectivity index (χ1v) is 8.57. The molecule has 1 aromatic heterocycles. The Morgan fingerprint density at radius 3 is 2.44 bits per heavy atom. The lowest BCUT2D eigenvalue weighted by atomic mass is 10.1. The van der Waals surface area contributed by atoms with E-state index in [4.69, 9.17) is 23.2 Å².